The van der Waals surface area contributed by atoms with Gasteiger partial charge in [-0.1, -0.05) is 0 Å². The van der Waals surface area contributed by atoms with Gasteiger partial charge in [0.1, 0.15) is 0 Å². The number of H-pyrrole nitrogens is 1. The molecule has 78 valence electrons. The van der Waals surface area contributed by atoms with Crippen LogP contribution in [0.1, 0.15) is 5.56 Å². The van der Waals surface area contributed by atoms with Crippen LogP contribution >= 0.6 is 0 Å². The Kier molecular flexibility index (Phi) is 2.92. The SMILES string of the molecule is Fc1cc(NCCc2cn[nH]c2)ccn1. The van der Waals surface area contributed by atoms with Gasteiger partial charge >= 0.3 is 0 Å². The number of aromatic amines is 1. The van der Waals surface area contributed by atoms with Crippen LogP contribution in [0.5, 0.6) is 0 Å². The topological polar surface area (TPSA) is 53.6 Å². The molecule has 0 amide bonds. The van der Waals surface area contributed by atoms with Crippen molar-refractivity contribution in [1.82, 2.24) is 15.2 Å². The van der Waals surface area contributed by atoms with Crippen LogP contribution in [0.4, 0.5) is 10.1 Å². The van der Waals surface area contributed by atoms with E-state index < -0.39 is 5.95 Å². The van der Waals surface area contributed by atoms with Crippen molar-refractivity contribution in [3.8, 4) is 0 Å². The van der Waals surface area contributed by atoms with Gasteiger partial charge in [-0.3, -0.25) is 5.10 Å². The van der Waals surface area contributed by atoms with Gasteiger partial charge in [-0.25, -0.2) is 4.98 Å². The third-order valence-corrected chi connectivity index (χ3v) is 2.02. The average Bonchev–Trinajstić information content (AvgIpc) is 2.71. The summed E-state index contributed by atoms with van der Waals surface area (Å²) >= 11 is 0. The van der Waals surface area contributed by atoms with Crippen LogP contribution in [0.2, 0.25) is 0 Å². The maximum atomic E-state index is 12.7. The van der Waals surface area contributed by atoms with E-state index in [0.29, 0.717) is 0 Å². The number of hydrogen-bond acceptors (Lipinski definition) is 3. The Labute approximate surface area is 86.6 Å². The fourth-order valence-electron chi connectivity index (χ4n) is 1.28. The summed E-state index contributed by atoms with van der Waals surface area (Å²) in [5, 5.41) is 9.68. The fourth-order valence-corrected chi connectivity index (χ4v) is 1.28. The number of rotatable bonds is 4. The molecule has 0 bridgehead atoms. The Morgan fingerprint density at radius 2 is 2.40 bits per heavy atom. The van der Waals surface area contributed by atoms with E-state index in [2.05, 4.69) is 20.5 Å². The average molecular weight is 206 g/mol. The summed E-state index contributed by atoms with van der Waals surface area (Å²) in [5.41, 5.74) is 1.86. The Balaban J connectivity index is 1.83. The number of aromatic nitrogens is 3. The minimum atomic E-state index is -0.469. The predicted octanol–water partition coefficient (Wildman–Crippen LogP) is 1.60. The van der Waals surface area contributed by atoms with Gasteiger partial charge in [-0.05, 0) is 18.1 Å². The molecule has 0 saturated heterocycles. The largest absolute Gasteiger partial charge is 0.385 e. The summed E-state index contributed by atoms with van der Waals surface area (Å²) in [6, 6.07) is 3.10. The summed E-state index contributed by atoms with van der Waals surface area (Å²) in [6.07, 6.45) is 5.90. The quantitative estimate of drug-likeness (QED) is 0.747. The molecule has 4 nitrogen and oxygen atoms in total. The standard InChI is InChI=1S/C10H11FN4/c11-10-5-9(2-4-13-10)12-3-1-8-6-14-15-7-8/h2,4-7H,1,3H2,(H,12,13)(H,14,15). The Bertz CT molecular complexity index is 413. The maximum Gasteiger partial charge on any atom is 0.214 e. The molecule has 0 spiro atoms. The minimum Gasteiger partial charge on any atom is -0.385 e. The summed E-state index contributed by atoms with van der Waals surface area (Å²) in [4.78, 5) is 3.48. The number of anilines is 1. The number of nitrogens with zero attached hydrogens (tertiary/aromatic N) is 2. The zero-order chi connectivity index (χ0) is 10.5. The van der Waals surface area contributed by atoms with E-state index in [1.165, 1.54) is 12.3 Å². The normalized spacial score (nSPS) is 10.2. The van der Waals surface area contributed by atoms with Gasteiger partial charge in [0.05, 0.1) is 6.20 Å². The van der Waals surface area contributed by atoms with E-state index in [-0.39, 0.29) is 0 Å². The second kappa shape index (κ2) is 4.54. The molecule has 2 N–H and O–H groups in total. The molecule has 0 unspecified atom stereocenters. The van der Waals surface area contributed by atoms with Crippen molar-refractivity contribution >= 4 is 5.69 Å². The second-order valence-electron chi connectivity index (χ2n) is 3.15. The third kappa shape index (κ3) is 2.77. The molecule has 2 heterocycles. The zero-order valence-electron chi connectivity index (χ0n) is 8.07. The summed E-state index contributed by atoms with van der Waals surface area (Å²) < 4.78 is 12.7. The lowest BCUT2D eigenvalue weighted by Crippen LogP contribution is -2.04. The highest BCUT2D eigenvalue weighted by atomic mass is 19.1. The summed E-state index contributed by atoms with van der Waals surface area (Å²) in [6.45, 7) is 0.739. The second-order valence-corrected chi connectivity index (χ2v) is 3.15. The fraction of sp³-hybridized carbons (Fsp3) is 0.200. The van der Waals surface area contributed by atoms with Gasteiger partial charge in [0.15, 0.2) is 0 Å². The lowest BCUT2D eigenvalue weighted by Gasteiger charge is -2.04. The van der Waals surface area contributed by atoms with E-state index in [1.54, 1.807) is 12.3 Å². The highest BCUT2D eigenvalue weighted by molar-refractivity contribution is 5.41. The number of pyridine rings is 1. The molecule has 2 aromatic rings. The van der Waals surface area contributed by atoms with E-state index in [1.807, 2.05) is 6.20 Å². The molecule has 0 radical (unpaired) electrons. The molecule has 0 saturated carbocycles. The summed E-state index contributed by atoms with van der Waals surface area (Å²) in [7, 11) is 0. The first kappa shape index (κ1) is 9.64. The minimum absolute atomic E-state index is 0.469. The monoisotopic (exact) mass is 206 g/mol. The van der Waals surface area contributed by atoms with Gasteiger partial charge in [-0.2, -0.15) is 9.49 Å². The molecule has 0 aromatic carbocycles. The molecule has 0 atom stereocenters. The van der Waals surface area contributed by atoms with E-state index in [9.17, 15) is 4.39 Å². The molecule has 15 heavy (non-hydrogen) atoms. The third-order valence-electron chi connectivity index (χ3n) is 2.02. The molecule has 0 aliphatic rings. The van der Waals surface area contributed by atoms with Gasteiger partial charge in [0.2, 0.25) is 5.95 Å². The molecule has 0 aliphatic heterocycles. The van der Waals surface area contributed by atoms with Crippen molar-refractivity contribution < 1.29 is 4.39 Å². The van der Waals surface area contributed by atoms with Gasteiger partial charge in [-0.15, -0.1) is 0 Å². The van der Waals surface area contributed by atoms with Crippen molar-refractivity contribution in [2.24, 2.45) is 0 Å². The highest BCUT2D eigenvalue weighted by Gasteiger charge is 1.96. The molecule has 2 aromatic heterocycles. The van der Waals surface area contributed by atoms with Crippen LogP contribution in [-0.2, 0) is 6.42 Å². The molecule has 2 rings (SSSR count). The first-order valence-corrected chi connectivity index (χ1v) is 4.68. The molecule has 0 aliphatic carbocycles. The Morgan fingerprint density at radius 1 is 1.47 bits per heavy atom. The first-order valence-electron chi connectivity index (χ1n) is 4.68. The maximum absolute atomic E-state index is 12.7. The molecular formula is C10H11FN4. The predicted molar refractivity (Wildman–Crippen MR) is 55.0 cm³/mol. The van der Waals surface area contributed by atoms with Gasteiger partial charge in [0.25, 0.3) is 0 Å². The van der Waals surface area contributed by atoms with Crippen molar-refractivity contribution in [3.63, 3.8) is 0 Å². The van der Waals surface area contributed by atoms with Crippen molar-refractivity contribution in [3.05, 3.63) is 42.2 Å². The zero-order valence-corrected chi connectivity index (χ0v) is 8.07. The van der Waals surface area contributed by atoms with E-state index in [4.69, 9.17) is 0 Å². The van der Waals surface area contributed by atoms with Gasteiger partial charge in [0, 0.05) is 30.7 Å². The van der Waals surface area contributed by atoms with Crippen LogP contribution in [0, 0.1) is 5.95 Å². The summed E-state index contributed by atoms with van der Waals surface area (Å²) in [5.74, 6) is -0.469. The van der Waals surface area contributed by atoms with Crippen LogP contribution in [-0.4, -0.2) is 21.7 Å². The lowest BCUT2D eigenvalue weighted by molar-refractivity contribution is 0.584. The molecule has 0 fully saturated rings. The van der Waals surface area contributed by atoms with Crippen molar-refractivity contribution in [2.75, 3.05) is 11.9 Å². The van der Waals surface area contributed by atoms with E-state index in [0.717, 1.165) is 24.2 Å². The van der Waals surface area contributed by atoms with Crippen LogP contribution < -0.4 is 5.32 Å². The molecule has 5 heteroatoms. The lowest BCUT2D eigenvalue weighted by atomic mass is 10.2. The number of halogens is 1. The van der Waals surface area contributed by atoms with Crippen LogP contribution in [0.3, 0.4) is 0 Å². The molecular weight excluding hydrogens is 195 g/mol. The Morgan fingerprint density at radius 3 is 3.13 bits per heavy atom. The number of nitrogens with one attached hydrogen (secondary N) is 2. The first-order chi connectivity index (χ1) is 7.34. The number of hydrogen-bond donors (Lipinski definition) is 2. The van der Waals surface area contributed by atoms with Crippen molar-refractivity contribution in [2.45, 2.75) is 6.42 Å². The van der Waals surface area contributed by atoms with Crippen LogP contribution in [0.25, 0.3) is 0 Å². The van der Waals surface area contributed by atoms with Gasteiger partial charge < -0.3 is 5.32 Å². The highest BCUT2D eigenvalue weighted by Crippen LogP contribution is 2.06. The Hall–Kier alpha value is -1.91. The van der Waals surface area contributed by atoms with Crippen LogP contribution in [0.15, 0.2) is 30.7 Å². The van der Waals surface area contributed by atoms with E-state index >= 15 is 0 Å². The van der Waals surface area contributed by atoms with Crippen molar-refractivity contribution in [1.29, 1.82) is 0 Å². The smallest absolute Gasteiger partial charge is 0.214 e.